The Morgan fingerprint density at radius 1 is 1.17 bits per heavy atom. The second-order valence-electron chi connectivity index (χ2n) is 9.74. The van der Waals surface area contributed by atoms with Crippen LogP contribution in [-0.2, 0) is 24.1 Å². The highest BCUT2D eigenvalue weighted by molar-refractivity contribution is 5.78. The summed E-state index contributed by atoms with van der Waals surface area (Å²) in [5.74, 6) is 0.347. The van der Waals surface area contributed by atoms with Gasteiger partial charge >= 0.3 is 5.97 Å². The topological polar surface area (TPSA) is 62.7 Å². The Balaban J connectivity index is 1.11. The third kappa shape index (κ3) is 3.83. The Kier molecular flexibility index (Phi) is 4.81. The molecular formula is C25H30N2O3. The van der Waals surface area contributed by atoms with E-state index in [1.54, 1.807) is 0 Å². The Hall–Kier alpha value is -2.40. The summed E-state index contributed by atoms with van der Waals surface area (Å²) in [5, 5.41) is 9.42. The molecule has 2 heterocycles. The van der Waals surface area contributed by atoms with Gasteiger partial charge in [-0.2, -0.15) is 0 Å². The van der Waals surface area contributed by atoms with E-state index in [9.17, 15) is 9.90 Å². The van der Waals surface area contributed by atoms with Crippen LogP contribution in [0.3, 0.4) is 0 Å². The first-order chi connectivity index (χ1) is 14.5. The molecule has 0 bridgehead atoms. The molecule has 0 atom stereocenters. The number of carboxylic acids is 1. The van der Waals surface area contributed by atoms with E-state index in [0.29, 0.717) is 12.0 Å². The summed E-state index contributed by atoms with van der Waals surface area (Å²) in [7, 11) is 0. The van der Waals surface area contributed by atoms with E-state index >= 15 is 0 Å². The SMILES string of the molecule is Cc1cccc(CCCOc2ccc3c(c2)CC2(C3)CN(CC3(C(=O)O)CC3)C2)n1. The van der Waals surface area contributed by atoms with E-state index in [0.717, 1.165) is 75.3 Å². The van der Waals surface area contributed by atoms with E-state index < -0.39 is 11.4 Å². The average Bonchev–Trinajstić information content (AvgIpc) is 3.37. The minimum absolute atomic E-state index is 0.312. The molecule has 2 fully saturated rings. The molecule has 1 saturated heterocycles. The molecule has 2 aliphatic carbocycles. The third-order valence-electron chi connectivity index (χ3n) is 7.05. The molecule has 0 radical (unpaired) electrons. The van der Waals surface area contributed by atoms with Crippen molar-refractivity contribution in [3.8, 4) is 5.75 Å². The molecule has 5 nitrogen and oxygen atoms in total. The molecular weight excluding hydrogens is 376 g/mol. The lowest BCUT2D eigenvalue weighted by molar-refractivity contribution is -0.145. The number of nitrogens with zero attached hydrogens (tertiary/aromatic N) is 2. The van der Waals surface area contributed by atoms with Gasteiger partial charge in [0.1, 0.15) is 5.75 Å². The summed E-state index contributed by atoms with van der Waals surface area (Å²) in [6.07, 6.45) is 5.77. The maximum atomic E-state index is 11.4. The van der Waals surface area contributed by atoms with Crippen LogP contribution in [0.15, 0.2) is 36.4 Å². The normalized spacial score (nSPS) is 20.6. The summed E-state index contributed by atoms with van der Waals surface area (Å²) in [6, 6.07) is 12.7. The fourth-order valence-electron chi connectivity index (χ4n) is 5.34. The van der Waals surface area contributed by atoms with E-state index in [2.05, 4.69) is 40.2 Å². The van der Waals surface area contributed by atoms with E-state index in [4.69, 9.17) is 4.74 Å². The molecule has 1 aromatic carbocycles. The van der Waals surface area contributed by atoms with E-state index in [1.807, 2.05) is 13.0 Å². The van der Waals surface area contributed by atoms with Crippen molar-refractivity contribution >= 4 is 5.97 Å². The molecule has 1 aliphatic heterocycles. The zero-order chi connectivity index (χ0) is 20.8. The minimum Gasteiger partial charge on any atom is -0.494 e. The number of carbonyl (C=O) groups is 1. The van der Waals surface area contributed by atoms with Gasteiger partial charge < -0.3 is 14.7 Å². The fraction of sp³-hybridized carbons (Fsp3) is 0.520. The van der Waals surface area contributed by atoms with Crippen LogP contribution in [0, 0.1) is 17.8 Å². The van der Waals surface area contributed by atoms with Crippen molar-refractivity contribution in [3.63, 3.8) is 0 Å². The van der Waals surface area contributed by atoms with Crippen LogP contribution in [0.25, 0.3) is 0 Å². The number of pyridine rings is 1. The molecule has 0 unspecified atom stereocenters. The maximum absolute atomic E-state index is 11.4. The van der Waals surface area contributed by atoms with Crippen LogP contribution in [0.4, 0.5) is 0 Å². The third-order valence-corrected chi connectivity index (χ3v) is 7.05. The molecule has 30 heavy (non-hydrogen) atoms. The number of aliphatic carboxylic acids is 1. The van der Waals surface area contributed by atoms with Gasteiger partial charge in [0, 0.05) is 36.4 Å². The number of rotatable bonds is 8. The molecule has 5 rings (SSSR count). The number of fused-ring (bicyclic) bond motifs is 1. The summed E-state index contributed by atoms with van der Waals surface area (Å²) in [5.41, 5.74) is 4.90. The molecule has 5 heteroatoms. The lowest BCUT2D eigenvalue weighted by atomic mass is 9.76. The predicted molar refractivity (Wildman–Crippen MR) is 115 cm³/mol. The molecule has 158 valence electrons. The first kappa shape index (κ1) is 19.6. The van der Waals surface area contributed by atoms with E-state index in [1.165, 1.54) is 11.1 Å². The lowest BCUT2D eigenvalue weighted by Gasteiger charge is -2.49. The van der Waals surface area contributed by atoms with Crippen LogP contribution in [-0.4, -0.2) is 47.2 Å². The first-order valence-electron chi connectivity index (χ1n) is 11.1. The van der Waals surface area contributed by atoms with Crippen LogP contribution >= 0.6 is 0 Å². The van der Waals surface area contributed by atoms with Crippen molar-refractivity contribution in [1.82, 2.24) is 9.88 Å². The van der Waals surface area contributed by atoms with Gasteiger partial charge in [0.25, 0.3) is 0 Å². The van der Waals surface area contributed by atoms with Gasteiger partial charge in [-0.25, -0.2) is 0 Å². The van der Waals surface area contributed by atoms with Crippen molar-refractivity contribution in [2.24, 2.45) is 10.8 Å². The molecule has 1 spiro atoms. The monoisotopic (exact) mass is 406 g/mol. The largest absolute Gasteiger partial charge is 0.494 e. The quantitative estimate of drug-likeness (QED) is 0.678. The fourth-order valence-corrected chi connectivity index (χ4v) is 5.34. The number of carboxylic acid groups (broad SMARTS) is 1. The van der Waals surface area contributed by atoms with E-state index in [-0.39, 0.29) is 0 Å². The summed E-state index contributed by atoms with van der Waals surface area (Å²) in [6.45, 7) is 5.50. The molecule has 2 aromatic rings. The zero-order valence-corrected chi connectivity index (χ0v) is 17.7. The number of ether oxygens (including phenoxy) is 1. The molecule has 3 aliphatic rings. The Morgan fingerprint density at radius 2 is 1.97 bits per heavy atom. The summed E-state index contributed by atoms with van der Waals surface area (Å²) >= 11 is 0. The molecule has 1 saturated carbocycles. The number of aryl methyl sites for hydroxylation is 2. The van der Waals surface area contributed by atoms with Crippen LogP contribution < -0.4 is 4.74 Å². The van der Waals surface area contributed by atoms with Gasteiger partial charge in [-0.05, 0) is 80.8 Å². The summed E-state index contributed by atoms with van der Waals surface area (Å²) < 4.78 is 6.02. The highest BCUT2D eigenvalue weighted by Crippen LogP contribution is 2.51. The number of hydrogen-bond acceptors (Lipinski definition) is 4. The van der Waals surface area contributed by atoms with Crippen LogP contribution in [0.1, 0.15) is 41.8 Å². The Bertz CT molecular complexity index is 961. The van der Waals surface area contributed by atoms with Gasteiger partial charge in [-0.1, -0.05) is 12.1 Å². The van der Waals surface area contributed by atoms with Crippen molar-refractivity contribution in [3.05, 3.63) is 58.9 Å². The highest BCUT2D eigenvalue weighted by Gasteiger charge is 2.55. The number of benzene rings is 1. The second-order valence-corrected chi connectivity index (χ2v) is 9.74. The average molecular weight is 407 g/mol. The minimum atomic E-state index is -0.613. The number of likely N-dealkylation sites (tertiary alicyclic amines) is 1. The van der Waals surface area contributed by atoms with Crippen molar-refractivity contribution in [1.29, 1.82) is 0 Å². The lowest BCUT2D eigenvalue weighted by Crippen LogP contribution is -2.58. The number of aromatic nitrogens is 1. The van der Waals surface area contributed by atoms with Crippen LogP contribution in [0.2, 0.25) is 0 Å². The van der Waals surface area contributed by atoms with Gasteiger partial charge in [0.05, 0.1) is 12.0 Å². The van der Waals surface area contributed by atoms with Gasteiger partial charge in [0.2, 0.25) is 0 Å². The maximum Gasteiger partial charge on any atom is 0.310 e. The van der Waals surface area contributed by atoms with Gasteiger partial charge in [-0.3, -0.25) is 9.78 Å². The highest BCUT2D eigenvalue weighted by atomic mass is 16.5. The Morgan fingerprint density at radius 3 is 2.70 bits per heavy atom. The van der Waals surface area contributed by atoms with Crippen molar-refractivity contribution in [2.45, 2.75) is 45.4 Å². The van der Waals surface area contributed by atoms with Crippen molar-refractivity contribution < 1.29 is 14.6 Å². The van der Waals surface area contributed by atoms with Crippen LogP contribution in [0.5, 0.6) is 5.75 Å². The van der Waals surface area contributed by atoms with Gasteiger partial charge in [0.15, 0.2) is 0 Å². The first-order valence-corrected chi connectivity index (χ1v) is 11.1. The Labute approximate surface area is 178 Å². The smallest absolute Gasteiger partial charge is 0.310 e. The van der Waals surface area contributed by atoms with Gasteiger partial charge in [-0.15, -0.1) is 0 Å². The molecule has 1 N–H and O–H groups in total. The number of hydrogen-bond donors (Lipinski definition) is 1. The van der Waals surface area contributed by atoms with Crippen molar-refractivity contribution in [2.75, 3.05) is 26.2 Å². The molecule has 1 aromatic heterocycles. The summed E-state index contributed by atoms with van der Waals surface area (Å²) in [4.78, 5) is 18.3. The predicted octanol–water partition coefficient (Wildman–Crippen LogP) is 3.67. The molecule has 0 amide bonds. The zero-order valence-electron chi connectivity index (χ0n) is 17.7. The second kappa shape index (κ2) is 7.38. The standard InChI is InChI=1S/C25H30N2O3/c1-18-4-2-5-21(26-18)6-3-11-30-22-8-7-19-13-24(14-20(19)12-22)15-27(16-24)17-25(9-10-25)23(28)29/h2,4-5,7-8,12H,3,6,9-11,13-17H2,1H3,(H,28,29).